The summed E-state index contributed by atoms with van der Waals surface area (Å²) in [5, 5.41) is 2.98. The highest BCUT2D eigenvalue weighted by molar-refractivity contribution is 8.14. The number of benzene rings is 1. The molecule has 1 aromatic carbocycles. The fourth-order valence-electron chi connectivity index (χ4n) is 2.45. The monoisotopic (exact) mass is 402 g/mol. The molecule has 1 aliphatic rings. The van der Waals surface area contributed by atoms with Gasteiger partial charge in [0.15, 0.2) is 5.16 Å². The molecule has 2 heterocycles. The number of amides is 3. The molecule has 27 heavy (non-hydrogen) atoms. The summed E-state index contributed by atoms with van der Waals surface area (Å²) in [6.45, 7) is 2.32. The number of thioether (sulfide) groups is 2. The Morgan fingerprint density at radius 2 is 2.04 bits per heavy atom. The van der Waals surface area contributed by atoms with Crippen LogP contribution in [-0.4, -0.2) is 56.5 Å². The minimum atomic E-state index is -0.259. The van der Waals surface area contributed by atoms with E-state index < -0.39 is 0 Å². The number of hydrogen-bond donors (Lipinski definition) is 1. The van der Waals surface area contributed by atoms with E-state index in [-0.39, 0.29) is 41.6 Å². The van der Waals surface area contributed by atoms with Gasteiger partial charge in [-0.1, -0.05) is 53.9 Å². The van der Waals surface area contributed by atoms with Gasteiger partial charge in [-0.15, -0.1) is 0 Å². The fraction of sp³-hybridized carbons (Fsp3) is 0.278. The van der Waals surface area contributed by atoms with Crippen LogP contribution in [0.5, 0.6) is 0 Å². The van der Waals surface area contributed by atoms with Crippen LogP contribution in [0.25, 0.3) is 11.3 Å². The first-order chi connectivity index (χ1) is 13.0. The molecule has 1 saturated heterocycles. The second kappa shape index (κ2) is 9.01. The molecule has 0 spiro atoms. The molecular formula is C18H18N4O3S2. The van der Waals surface area contributed by atoms with Gasteiger partial charge in [0.25, 0.3) is 5.24 Å². The van der Waals surface area contributed by atoms with Crippen LogP contribution >= 0.6 is 23.5 Å². The molecule has 0 unspecified atom stereocenters. The van der Waals surface area contributed by atoms with E-state index in [2.05, 4.69) is 15.3 Å². The van der Waals surface area contributed by atoms with Gasteiger partial charge in [-0.2, -0.15) is 0 Å². The topological polar surface area (TPSA) is 92.3 Å². The summed E-state index contributed by atoms with van der Waals surface area (Å²) in [7, 11) is 0. The Morgan fingerprint density at radius 1 is 1.26 bits per heavy atom. The lowest BCUT2D eigenvalue weighted by atomic mass is 10.1. The predicted molar refractivity (Wildman–Crippen MR) is 106 cm³/mol. The zero-order chi connectivity index (χ0) is 19.2. The van der Waals surface area contributed by atoms with E-state index >= 15 is 0 Å². The van der Waals surface area contributed by atoms with Gasteiger partial charge in [0.05, 0.1) is 17.2 Å². The number of carbonyl (C=O) groups excluding carboxylic acids is 3. The normalized spacial score (nSPS) is 13.9. The second-order valence-electron chi connectivity index (χ2n) is 5.78. The highest BCUT2D eigenvalue weighted by Crippen LogP contribution is 2.21. The van der Waals surface area contributed by atoms with Crippen LogP contribution in [0.4, 0.5) is 4.79 Å². The molecule has 7 nitrogen and oxygen atoms in total. The molecule has 1 aliphatic heterocycles. The van der Waals surface area contributed by atoms with Gasteiger partial charge in [0.2, 0.25) is 11.8 Å². The van der Waals surface area contributed by atoms with Crippen molar-refractivity contribution in [3.05, 3.63) is 42.1 Å². The van der Waals surface area contributed by atoms with Crippen molar-refractivity contribution in [2.45, 2.75) is 12.1 Å². The number of carbonyl (C=O) groups is 3. The number of aromatic nitrogens is 2. The van der Waals surface area contributed by atoms with E-state index in [9.17, 15) is 14.4 Å². The van der Waals surface area contributed by atoms with Gasteiger partial charge in [0, 0.05) is 24.3 Å². The van der Waals surface area contributed by atoms with Gasteiger partial charge < -0.3 is 5.32 Å². The quantitative estimate of drug-likeness (QED) is 0.561. The molecule has 1 aromatic heterocycles. The van der Waals surface area contributed by atoms with Crippen molar-refractivity contribution in [3.63, 3.8) is 0 Å². The molecular weight excluding hydrogens is 384 g/mol. The van der Waals surface area contributed by atoms with Crippen LogP contribution in [-0.2, 0) is 9.59 Å². The molecule has 1 N–H and O–H groups in total. The van der Waals surface area contributed by atoms with E-state index in [1.807, 2.05) is 43.3 Å². The van der Waals surface area contributed by atoms with E-state index in [4.69, 9.17) is 0 Å². The number of rotatable bonds is 7. The Bertz CT molecular complexity index is 845. The first kappa shape index (κ1) is 19.4. The molecule has 0 radical (unpaired) electrons. The van der Waals surface area contributed by atoms with Crippen molar-refractivity contribution in [3.8, 4) is 11.3 Å². The van der Waals surface area contributed by atoms with E-state index in [0.29, 0.717) is 5.16 Å². The first-order valence-electron chi connectivity index (χ1n) is 8.30. The van der Waals surface area contributed by atoms with Crippen molar-refractivity contribution in [2.24, 2.45) is 0 Å². The third-order valence-corrected chi connectivity index (χ3v) is 5.44. The Balaban J connectivity index is 1.51. The van der Waals surface area contributed by atoms with Gasteiger partial charge in [0.1, 0.15) is 0 Å². The lowest BCUT2D eigenvalue weighted by molar-refractivity contribution is -0.125. The fourth-order valence-corrected chi connectivity index (χ4v) is 3.93. The zero-order valence-electron chi connectivity index (χ0n) is 14.7. The third kappa shape index (κ3) is 5.30. The number of nitrogens with zero attached hydrogens (tertiary/aromatic N) is 3. The summed E-state index contributed by atoms with van der Waals surface area (Å²) < 4.78 is 0. The average molecular weight is 403 g/mol. The molecule has 3 amide bonds. The molecule has 0 atom stereocenters. The molecule has 9 heteroatoms. The summed E-state index contributed by atoms with van der Waals surface area (Å²) in [6.07, 6.45) is 0. The number of hydrogen-bond acceptors (Lipinski definition) is 7. The van der Waals surface area contributed by atoms with E-state index in [1.54, 1.807) is 0 Å². The largest absolute Gasteiger partial charge is 0.354 e. The molecule has 0 bridgehead atoms. The summed E-state index contributed by atoms with van der Waals surface area (Å²) in [6, 6.07) is 11.7. The average Bonchev–Trinajstić information content (AvgIpc) is 2.99. The van der Waals surface area contributed by atoms with Crippen molar-refractivity contribution in [1.82, 2.24) is 20.2 Å². The van der Waals surface area contributed by atoms with Crippen molar-refractivity contribution in [2.75, 3.05) is 24.6 Å². The van der Waals surface area contributed by atoms with Gasteiger partial charge in [-0.3, -0.25) is 19.3 Å². The molecule has 0 saturated carbocycles. The number of nitrogens with one attached hydrogen (secondary N) is 1. The first-order valence-corrected chi connectivity index (χ1v) is 10.3. The SMILES string of the molecule is Cc1cc(-c2ccccc2)nc(SCC(=O)NCCN2C(=O)CSC2=O)n1. The van der Waals surface area contributed by atoms with Crippen LogP contribution in [0.3, 0.4) is 0 Å². The van der Waals surface area contributed by atoms with Crippen molar-refractivity contribution >= 4 is 40.6 Å². The van der Waals surface area contributed by atoms with Crippen LogP contribution < -0.4 is 5.32 Å². The maximum atomic E-state index is 12.0. The van der Waals surface area contributed by atoms with Gasteiger partial charge >= 0.3 is 0 Å². The van der Waals surface area contributed by atoms with Crippen LogP contribution in [0.15, 0.2) is 41.6 Å². The molecule has 140 valence electrons. The Hall–Kier alpha value is -2.39. The maximum absolute atomic E-state index is 12.0. The van der Waals surface area contributed by atoms with Crippen LogP contribution in [0, 0.1) is 6.92 Å². The standard InChI is InChI=1S/C18H18N4O3S2/c1-12-9-14(13-5-3-2-4-6-13)21-17(20-12)26-10-15(23)19-7-8-22-16(24)11-27-18(22)25/h2-6,9H,7-8,10-11H2,1H3,(H,19,23). The second-order valence-corrected chi connectivity index (χ2v) is 7.65. The van der Waals surface area contributed by atoms with Gasteiger partial charge in [-0.25, -0.2) is 9.97 Å². The molecule has 3 rings (SSSR count). The van der Waals surface area contributed by atoms with Gasteiger partial charge in [-0.05, 0) is 13.0 Å². The van der Waals surface area contributed by atoms with E-state index in [0.717, 1.165) is 33.6 Å². The smallest absolute Gasteiger partial charge is 0.288 e. The summed E-state index contributed by atoms with van der Waals surface area (Å²) in [5.41, 5.74) is 2.64. The van der Waals surface area contributed by atoms with Crippen LogP contribution in [0.2, 0.25) is 0 Å². The molecule has 1 fully saturated rings. The predicted octanol–water partition coefficient (Wildman–Crippen LogP) is 2.36. The minimum Gasteiger partial charge on any atom is -0.354 e. The Kier molecular flexibility index (Phi) is 6.46. The van der Waals surface area contributed by atoms with Crippen molar-refractivity contribution < 1.29 is 14.4 Å². The Labute approximate surface area is 165 Å². The Morgan fingerprint density at radius 3 is 2.74 bits per heavy atom. The highest BCUT2D eigenvalue weighted by atomic mass is 32.2. The number of imide groups is 1. The zero-order valence-corrected chi connectivity index (χ0v) is 16.3. The van der Waals surface area contributed by atoms with Crippen molar-refractivity contribution in [1.29, 1.82) is 0 Å². The summed E-state index contributed by atoms with van der Waals surface area (Å²) in [4.78, 5) is 45.0. The van der Waals surface area contributed by atoms with E-state index in [1.165, 1.54) is 11.8 Å². The molecule has 0 aliphatic carbocycles. The summed E-state index contributed by atoms with van der Waals surface area (Å²) in [5.74, 6) is -0.0703. The lowest BCUT2D eigenvalue weighted by Crippen LogP contribution is -2.38. The third-order valence-electron chi connectivity index (χ3n) is 3.73. The maximum Gasteiger partial charge on any atom is 0.288 e. The minimum absolute atomic E-state index is 0.161. The molecule has 2 aromatic rings. The lowest BCUT2D eigenvalue weighted by Gasteiger charge is -2.13. The summed E-state index contributed by atoms with van der Waals surface area (Å²) >= 11 is 2.23. The highest BCUT2D eigenvalue weighted by Gasteiger charge is 2.29. The number of aryl methyl sites for hydroxylation is 1. The van der Waals surface area contributed by atoms with Crippen LogP contribution in [0.1, 0.15) is 5.69 Å².